The van der Waals surface area contributed by atoms with Crippen LogP contribution < -0.4 is 24.8 Å². The predicted octanol–water partition coefficient (Wildman–Crippen LogP) is 1.10. The van der Waals surface area contributed by atoms with Crippen molar-refractivity contribution in [3.63, 3.8) is 0 Å². The summed E-state index contributed by atoms with van der Waals surface area (Å²) in [4.78, 5) is 0. The molecule has 0 fully saturated rings. The van der Waals surface area contributed by atoms with Gasteiger partial charge in [0.05, 0.1) is 0 Å². The van der Waals surface area contributed by atoms with E-state index in [-0.39, 0.29) is 32.7 Å². The van der Waals surface area contributed by atoms with Crippen molar-refractivity contribution in [1.82, 2.24) is 0 Å². The Hall–Kier alpha value is 0.333. The van der Waals surface area contributed by atoms with Crippen molar-refractivity contribution in [2.75, 3.05) is 12.3 Å². The molecular formula is C22H29Cl2PZr. The van der Waals surface area contributed by atoms with E-state index in [9.17, 15) is 0 Å². The molecule has 0 aliphatic heterocycles. The molecule has 0 saturated heterocycles. The van der Waals surface area contributed by atoms with Crippen molar-refractivity contribution in [1.29, 1.82) is 0 Å². The second-order valence-electron chi connectivity index (χ2n) is 6.79. The van der Waals surface area contributed by atoms with Gasteiger partial charge in [0.1, 0.15) is 0 Å². The quantitative estimate of drug-likeness (QED) is 0.459. The van der Waals surface area contributed by atoms with Gasteiger partial charge >= 0.3 is 161 Å². The minimum Gasteiger partial charge on any atom is -1.00 e. The summed E-state index contributed by atoms with van der Waals surface area (Å²) in [7, 11) is 0.0766. The summed E-state index contributed by atoms with van der Waals surface area (Å²) in [5, 5.41) is 1.87. The number of hydrogen-bond donors (Lipinski definition) is 0. The fraction of sp³-hybridized carbons (Fsp3) is 0.455. The number of halogens is 2. The second kappa shape index (κ2) is 12.7. The Morgan fingerprint density at radius 1 is 1.04 bits per heavy atom. The van der Waals surface area contributed by atoms with E-state index in [1.807, 2.05) is 5.31 Å². The molecule has 0 radical (unpaired) electrons. The standard InChI is InChI=1S/C17H24P.C5H5.2ClH.Zr/c1-3-5-11-18(12-6-4-2)17-13-15-9-7-8-10-16(15)14-17;1-2-4-5-3-1;;;/h7-10,13-14H,3-6,11-12H2,1-2H3;1-3H,4H2;2*1H;/q;;;;+2/p-2. The molecule has 2 aliphatic carbocycles. The summed E-state index contributed by atoms with van der Waals surface area (Å²) in [6.07, 6.45) is 19.3. The summed E-state index contributed by atoms with van der Waals surface area (Å²) < 4.78 is 2.60. The van der Waals surface area contributed by atoms with Gasteiger partial charge in [-0.3, -0.25) is 0 Å². The third-order valence-corrected chi connectivity index (χ3v) is 12.4. The zero-order chi connectivity index (χ0) is 16.8. The van der Waals surface area contributed by atoms with E-state index in [4.69, 9.17) is 0 Å². The molecule has 0 heterocycles. The molecule has 0 amide bonds. The fourth-order valence-electron chi connectivity index (χ4n) is 3.54. The van der Waals surface area contributed by atoms with E-state index < -0.39 is 23.2 Å². The van der Waals surface area contributed by atoms with Gasteiger partial charge in [-0.25, -0.2) is 0 Å². The smallest absolute Gasteiger partial charge is 1.00 e. The Kier molecular flexibility index (Phi) is 11.9. The van der Waals surface area contributed by atoms with Crippen molar-refractivity contribution < 1.29 is 48.0 Å². The molecule has 1 aromatic rings. The van der Waals surface area contributed by atoms with Crippen LogP contribution in [0.3, 0.4) is 0 Å². The van der Waals surface area contributed by atoms with Gasteiger partial charge in [0.15, 0.2) is 0 Å². The molecule has 1 aromatic carbocycles. The summed E-state index contributed by atoms with van der Waals surface area (Å²) in [5.41, 5.74) is 3.19. The third kappa shape index (κ3) is 6.17. The number of unbranched alkanes of at least 4 members (excludes halogenated alkanes) is 2. The monoisotopic (exact) mass is 484 g/mol. The molecule has 1 atom stereocenters. The maximum absolute atomic E-state index is 2.61. The SMILES string of the molecule is CCCCP(CCCC)C1=Cc2ccccc2[CH]1[Zr+2][C]1=CC=CC1.[Cl-].[Cl-]. The molecule has 140 valence electrons. The van der Waals surface area contributed by atoms with Crippen LogP contribution in [0.15, 0.2) is 51.1 Å². The first-order chi connectivity index (χ1) is 11.8. The maximum Gasteiger partial charge on any atom is -1.00 e. The fourth-order valence-corrected chi connectivity index (χ4v) is 11.8. The van der Waals surface area contributed by atoms with Gasteiger partial charge in [0.2, 0.25) is 0 Å². The predicted molar refractivity (Wildman–Crippen MR) is 105 cm³/mol. The molecular weight excluding hydrogens is 457 g/mol. The van der Waals surface area contributed by atoms with Crippen LogP contribution in [-0.2, 0) is 23.2 Å². The number of allylic oxidation sites excluding steroid dienone is 5. The minimum atomic E-state index is -0.563. The van der Waals surface area contributed by atoms with Gasteiger partial charge in [0.25, 0.3) is 0 Å². The van der Waals surface area contributed by atoms with Crippen LogP contribution in [0.25, 0.3) is 6.08 Å². The van der Waals surface area contributed by atoms with Crippen LogP contribution in [0.2, 0.25) is 0 Å². The normalized spacial score (nSPS) is 17.1. The third-order valence-electron chi connectivity index (χ3n) is 4.94. The Morgan fingerprint density at radius 3 is 2.35 bits per heavy atom. The van der Waals surface area contributed by atoms with Gasteiger partial charge < -0.3 is 24.8 Å². The average Bonchev–Trinajstić information content (AvgIpc) is 3.24. The first-order valence-electron chi connectivity index (χ1n) is 9.51. The zero-order valence-electron chi connectivity index (χ0n) is 15.8. The first-order valence-corrected chi connectivity index (χ1v) is 13.9. The Bertz CT molecular complexity index is 643. The van der Waals surface area contributed by atoms with Crippen LogP contribution in [0.5, 0.6) is 0 Å². The van der Waals surface area contributed by atoms with Crippen LogP contribution >= 0.6 is 7.92 Å². The molecule has 0 bridgehead atoms. The van der Waals surface area contributed by atoms with Gasteiger partial charge in [-0.1, -0.05) is 0 Å². The van der Waals surface area contributed by atoms with Gasteiger partial charge in [-0.2, -0.15) is 0 Å². The topological polar surface area (TPSA) is 0 Å². The molecule has 4 heteroatoms. The number of fused-ring (bicyclic) bond motifs is 1. The van der Waals surface area contributed by atoms with E-state index in [1.54, 1.807) is 8.84 Å². The summed E-state index contributed by atoms with van der Waals surface area (Å²) in [6.45, 7) is 4.68. The van der Waals surface area contributed by atoms with Crippen LogP contribution in [0.4, 0.5) is 0 Å². The molecule has 0 saturated carbocycles. The molecule has 0 N–H and O–H groups in total. The Labute approximate surface area is 185 Å². The number of benzene rings is 1. The zero-order valence-corrected chi connectivity index (χ0v) is 20.7. The molecule has 0 spiro atoms. The van der Waals surface area contributed by atoms with Crippen LogP contribution in [0, 0.1) is 0 Å². The summed E-state index contributed by atoms with van der Waals surface area (Å²) >= 11 is -0.563. The molecule has 2 aliphatic rings. The molecule has 1 unspecified atom stereocenters. The van der Waals surface area contributed by atoms with Crippen molar-refractivity contribution in [3.8, 4) is 0 Å². The second-order valence-corrected chi connectivity index (χ2v) is 13.0. The maximum atomic E-state index is 2.61. The van der Waals surface area contributed by atoms with E-state index in [0.717, 1.165) is 3.63 Å². The molecule has 0 aromatic heterocycles. The minimum absolute atomic E-state index is 0. The first kappa shape index (κ1) is 24.4. The van der Waals surface area contributed by atoms with E-state index >= 15 is 0 Å². The van der Waals surface area contributed by atoms with E-state index in [1.165, 1.54) is 50.0 Å². The number of hydrogen-bond acceptors (Lipinski definition) is 0. The molecule has 26 heavy (non-hydrogen) atoms. The van der Waals surface area contributed by atoms with Crippen molar-refractivity contribution in [3.05, 3.63) is 62.2 Å². The molecule has 3 rings (SSSR count). The van der Waals surface area contributed by atoms with Gasteiger partial charge in [-0.15, -0.1) is 0 Å². The van der Waals surface area contributed by atoms with Crippen molar-refractivity contribution in [2.24, 2.45) is 0 Å². The van der Waals surface area contributed by atoms with E-state index in [0.29, 0.717) is 0 Å². The van der Waals surface area contributed by atoms with Crippen LogP contribution in [-0.4, -0.2) is 12.3 Å². The largest absolute Gasteiger partial charge is 1.00 e. The summed E-state index contributed by atoms with van der Waals surface area (Å²) in [6, 6.07) is 9.24. The van der Waals surface area contributed by atoms with Crippen molar-refractivity contribution >= 4 is 14.0 Å². The Morgan fingerprint density at radius 2 is 1.73 bits per heavy atom. The Balaban J connectivity index is 0.00000169. The van der Waals surface area contributed by atoms with Crippen molar-refractivity contribution in [2.45, 2.75) is 49.6 Å². The summed E-state index contributed by atoms with van der Waals surface area (Å²) in [5.74, 6) is 0. The van der Waals surface area contributed by atoms with Crippen LogP contribution in [0.1, 0.15) is 60.7 Å². The van der Waals surface area contributed by atoms with E-state index in [2.05, 4.69) is 62.4 Å². The average molecular weight is 487 g/mol. The molecule has 0 nitrogen and oxygen atoms in total. The van der Waals surface area contributed by atoms with Gasteiger partial charge in [0, 0.05) is 0 Å². The van der Waals surface area contributed by atoms with Gasteiger partial charge in [-0.05, 0) is 0 Å². The number of rotatable bonds is 9.